The van der Waals surface area contributed by atoms with Crippen molar-refractivity contribution in [1.82, 2.24) is 9.97 Å². The fourth-order valence-corrected chi connectivity index (χ4v) is 2.88. The van der Waals surface area contributed by atoms with Gasteiger partial charge in [0.1, 0.15) is 11.6 Å². The molecule has 0 saturated carbocycles. The number of benzene rings is 1. The minimum Gasteiger partial charge on any atom is -0.493 e. The summed E-state index contributed by atoms with van der Waals surface area (Å²) in [5, 5.41) is 9.74. The number of hydrogen-bond donors (Lipinski definition) is 1. The van der Waals surface area contributed by atoms with Gasteiger partial charge in [-0.1, -0.05) is 25.0 Å². The molecule has 24 heavy (non-hydrogen) atoms. The molecule has 1 atom stereocenters. The molecule has 1 N–H and O–H groups in total. The summed E-state index contributed by atoms with van der Waals surface area (Å²) < 4.78 is 5.94. The fraction of sp³-hybridized carbons (Fsp3) is 0.474. The second-order valence-corrected chi connectivity index (χ2v) is 6.33. The van der Waals surface area contributed by atoms with Crippen LogP contribution in [0.25, 0.3) is 11.4 Å². The van der Waals surface area contributed by atoms with Gasteiger partial charge in [0.25, 0.3) is 0 Å². The van der Waals surface area contributed by atoms with Crippen LogP contribution in [0.2, 0.25) is 0 Å². The number of nitrogens with zero attached hydrogens (tertiary/aromatic N) is 3. The number of anilines is 1. The molecule has 128 valence electrons. The normalized spacial score (nSPS) is 17.3. The predicted octanol–water partition coefficient (Wildman–Crippen LogP) is 3.20. The summed E-state index contributed by atoms with van der Waals surface area (Å²) in [4.78, 5) is 11.3. The van der Waals surface area contributed by atoms with Gasteiger partial charge in [-0.05, 0) is 38.0 Å². The minimum absolute atomic E-state index is 0.268. The van der Waals surface area contributed by atoms with Crippen molar-refractivity contribution in [2.45, 2.75) is 39.2 Å². The molecule has 1 aromatic carbocycles. The lowest BCUT2D eigenvalue weighted by Gasteiger charge is -2.17. The highest BCUT2D eigenvalue weighted by molar-refractivity contribution is 5.66. The van der Waals surface area contributed by atoms with Crippen LogP contribution in [0.4, 0.5) is 5.82 Å². The Morgan fingerprint density at radius 1 is 1.33 bits per heavy atom. The van der Waals surface area contributed by atoms with Gasteiger partial charge in [-0.15, -0.1) is 0 Å². The Kier molecular flexibility index (Phi) is 5.30. The van der Waals surface area contributed by atoms with Gasteiger partial charge in [0.05, 0.1) is 18.3 Å². The van der Waals surface area contributed by atoms with Crippen LogP contribution in [0.15, 0.2) is 30.5 Å². The van der Waals surface area contributed by atoms with E-state index >= 15 is 0 Å². The van der Waals surface area contributed by atoms with Gasteiger partial charge in [-0.25, -0.2) is 9.97 Å². The van der Waals surface area contributed by atoms with Crippen LogP contribution < -0.4 is 9.64 Å². The van der Waals surface area contributed by atoms with Crippen LogP contribution in [-0.2, 0) is 0 Å². The smallest absolute Gasteiger partial charge is 0.165 e. The van der Waals surface area contributed by atoms with E-state index in [0.717, 1.165) is 48.5 Å². The van der Waals surface area contributed by atoms with Gasteiger partial charge in [0, 0.05) is 19.3 Å². The Morgan fingerprint density at radius 3 is 2.96 bits per heavy atom. The molecule has 1 saturated heterocycles. The maximum atomic E-state index is 9.74. The van der Waals surface area contributed by atoms with Gasteiger partial charge in [0.15, 0.2) is 5.82 Å². The summed E-state index contributed by atoms with van der Waals surface area (Å²) in [6, 6.07) is 8.01. The molecule has 0 amide bonds. The molecule has 1 aliphatic heterocycles. The third-order valence-electron chi connectivity index (χ3n) is 4.26. The predicted molar refractivity (Wildman–Crippen MR) is 95.4 cm³/mol. The van der Waals surface area contributed by atoms with Crippen LogP contribution >= 0.6 is 0 Å². The van der Waals surface area contributed by atoms with Crippen LogP contribution in [0, 0.1) is 6.92 Å². The van der Waals surface area contributed by atoms with Crippen LogP contribution in [0.1, 0.15) is 31.7 Å². The van der Waals surface area contributed by atoms with Crippen molar-refractivity contribution < 1.29 is 9.84 Å². The third kappa shape index (κ3) is 3.85. The number of unbranched alkanes of at least 4 members (excludes halogenated alkanes) is 1. The second-order valence-electron chi connectivity index (χ2n) is 6.33. The SMILES string of the molecule is CCCCOc1ccc(C)cc1-c1nccc(N2CCC(O)C2)n1. The number of aryl methyl sites for hydroxylation is 1. The highest BCUT2D eigenvalue weighted by Gasteiger charge is 2.22. The molecule has 2 heterocycles. The number of β-amino-alcohol motifs (C(OH)–C–C–N with tert-alkyl or cyclic N) is 1. The van der Waals surface area contributed by atoms with Gasteiger partial charge >= 0.3 is 0 Å². The fourth-order valence-electron chi connectivity index (χ4n) is 2.88. The van der Waals surface area contributed by atoms with E-state index in [-0.39, 0.29) is 6.10 Å². The van der Waals surface area contributed by atoms with Crippen molar-refractivity contribution in [3.05, 3.63) is 36.0 Å². The first kappa shape index (κ1) is 16.7. The largest absolute Gasteiger partial charge is 0.493 e. The van der Waals surface area contributed by atoms with E-state index in [9.17, 15) is 5.11 Å². The van der Waals surface area contributed by atoms with E-state index in [4.69, 9.17) is 9.72 Å². The zero-order valence-corrected chi connectivity index (χ0v) is 14.4. The first-order valence-electron chi connectivity index (χ1n) is 8.67. The third-order valence-corrected chi connectivity index (χ3v) is 4.26. The highest BCUT2D eigenvalue weighted by Crippen LogP contribution is 2.30. The lowest BCUT2D eigenvalue weighted by Crippen LogP contribution is -2.22. The van der Waals surface area contributed by atoms with Gasteiger partial charge in [-0.3, -0.25) is 0 Å². The maximum Gasteiger partial charge on any atom is 0.165 e. The van der Waals surface area contributed by atoms with Crippen LogP contribution in [0.5, 0.6) is 5.75 Å². The maximum absolute atomic E-state index is 9.74. The van der Waals surface area contributed by atoms with Gasteiger partial charge < -0.3 is 14.7 Å². The molecule has 5 nitrogen and oxygen atoms in total. The Morgan fingerprint density at radius 2 is 2.21 bits per heavy atom. The van der Waals surface area contributed by atoms with Crippen LogP contribution in [0.3, 0.4) is 0 Å². The zero-order valence-electron chi connectivity index (χ0n) is 14.4. The summed E-state index contributed by atoms with van der Waals surface area (Å²) in [5.74, 6) is 2.36. The lowest BCUT2D eigenvalue weighted by atomic mass is 10.1. The molecule has 0 bridgehead atoms. The van der Waals surface area contributed by atoms with Crippen molar-refractivity contribution in [2.24, 2.45) is 0 Å². The molecular formula is C19H25N3O2. The molecule has 0 aliphatic carbocycles. The Bertz CT molecular complexity index is 690. The zero-order chi connectivity index (χ0) is 16.9. The molecule has 1 unspecified atom stereocenters. The standard InChI is InChI=1S/C19H25N3O2/c1-3-4-11-24-17-6-5-14(2)12-16(17)19-20-9-7-18(21-19)22-10-8-15(23)13-22/h5-7,9,12,15,23H,3-4,8,10-11,13H2,1-2H3. The monoisotopic (exact) mass is 327 g/mol. The Labute approximate surface area is 143 Å². The molecular weight excluding hydrogens is 302 g/mol. The summed E-state index contributed by atoms with van der Waals surface area (Å²) in [5.41, 5.74) is 2.08. The first-order chi connectivity index (χ1) is 11.7. The summed E-state index contributed by atoms with van der Waals surface area (Å²) in [7, 11) is 0. The molecule has 5 heteroatoms. The Balaban J connectivity index is 1.89. The van der Waals surface area contributed by atoms with Crippen molar-refractivity contribution in [3.63, 3.8) is 0 Å². The van der Waals surface area contributed by atoms with E-state index in [1.165, 1.54) is 0 Å². The average Bonchev–Trinajstić information content (AvgIpc) is 3.03. The molecule has 3 rings (SSSR count). The number of hydrogen-bond acceptors (Lipinski definition) is 5. The quantitative estimate of drug-likeness (QED) is 0.826. The molecule has 1 fully saturated rings. The highest BCUT2D eigenvalue weighted by atomic mass is 16.5. The van der Waals surface area contributed by atoms with Crippen molar-refractivity contribution in [3.8, 4) is 17.1 Å². The van der Waals surface area contributed by atoms with E-state index in [0.29, 0.717) is 19.0 Å². The van der Waals surface area contributed by atoms with Crippen molar-refractivity contribution in [2.75, 3.05) is 24.6 Å². The number of ether oxygens (including phenoxy) is 1. The number of aliphatic hydroxyl groups excluding tert-OH is 1. The van der Waals surface area contributed by atoms with E-state index in [2.05, 4.69) is 29.8 Å². The molecule has 1 aliphatic rings. The minimum atomic E-state index is -0.268. The summed E-state index contributed by atoms with van der Waals surface area (Å²) in [6.45, 7) is 6.36. The number of aromatic nitrogens is 2. The topological polar surface area (TPSA) is 58.5 Å². The second kappa shape index (κ2) is 7.62. The van der Waals surface area contributed by atoms with E-state index in [1.807, 2.05) is 18.2 Å². The van der Waals surface area contributed by atoms with Crippen molar-refractivity contribution in [1.29, 1.82) is 0 Å². The molecule has 0 radical (unpaired) electrons. The number of aliphatic hydroxyl groups is 1. The van der Waals surface area contributed by atoms with Gasteiger partial charge in [0.2, 0.25) is 0 Å². The first-order valence-corrected chi connectivity index (χ1v) is 8.67. The van der Waals surface area contributed by atoms with Crippen molar-refractivity contribution >= 4 is 5.82 Å². The van der Waals surface area contributed by atoms with E-state index < -0.39 is 0 Å². The average molecular weight is 327 g/mol. The summed E-state index contributed by atoms with van der Waals surface area (Å²) >= 11 is 0. The Hall–Kier alpha value is -2.14. The molecule has 2 aromatic rings. The molecule has 1 aromatic heterocycles. The van der Waals surface area contributed by atoms with Crippen LogP contribution in [-0.4, -0.2) is 40.9 Å². The number of rotatable bonds is 6. The van der Waals surface area contributed by atoms with Gasteiger partial charge in [-0.2, -0.15) is 0 Å². The lowest BCUT2D eigenvalue weighted by molar-refractivity contribution is 0.198. The molecule has 0 spiro atoms. The van der Waals surface area contributed by atoms with E-state index in [1.54, 1.807) is 6.20 Å². The summed E-state index contributed by atoms with van der Waals surface area (Å²) in [6.07, 6.45) is 4.43.